The molecule has 1 aromatic heterocycles. The van der Waals surface area contributed by atoms with Crippen molar-refractivity contribution in [2.24, 2.45) is 0 Å². The van der Waals surface area contributed by atoms with Gasteiger partial charge in [0, 0.05) is 28.4 Å². The van der Waals surface area contributed by atoms with E-state index in [1.54, 1.807) is 18.3 Å². The van der Waals surface area contributed by atoms with E-state index in [0.717, 1.165) is 12.2 Å². The van der Waals surface area contributed by atoms with Gasteiger partial charge in [-0.1, -0.05) is 18.2 Å². The van der Waals surface area contributed by atoms with Crippen LogP contribution in [-0.2, 0) is 4.79 Å². The first kappa shape index (κ1) is 10.2. The molecule has 1 aromatic carbocycles. The zero-order valence-corrected chi connectivity index (χ0v) is 9.43. The second-order valence-electron chi connectivity index (χ2n) is 3.52. The summed E-state index contributed by atoms with van der Waals surface area (Å²) < 4.78 is 1.28. The molecule has 2 aromatic rings. The van der Waals surface area contributed by atoms with Gasteiger partial charge in [-0.05, 0) is 13.0 Å². The van der Waals surface area contributed by atoms with E-state index in [1.807, 2.05) is 12.1 Å². The highest BCUT2D eigenvalue weighted by molar-refractivity contribution is 7.17. The number of nitrogens with one attached hydrogen (secondary N) is 1. The second-order valence-corrected chi connectivity index (χ2v) is 4.44. The maximum Gasteiger partial charge on any atom is 0.131 e. The summed E-state index contributed by atoms with van der Waals surface area (Å²) in [4.78, 5) is 10.8. The van der Waals surface area contributed by atoms with Gasteiger partial charge in [0.15, 0.2) is 0 Å². The quantitative estimate of drug-likeness (QED) is 0.855. The molecule has 0 aliphatic carbocycles. The number of anilines is 1. The Kier molecular flexibility index (Phi) is 3.02. The Labute approximate surface area is 92.9 Å². The van der Waals surface area contributed by atoms with Crippen molar-refractivity contribution in [2.45, 2.75) is 13.3 Å². The van der Waals surface area contributed by atoms with Crippen LogP contribution in [0.3, 0.4) is 0 Å². The Bertz CT molecular complexity index is 475. The SMILES string of the molecule is CC(=O)CCNc1csc2ccccc12. The summed E-state index contributed by atoms with van der Waals surface area (Å²) in [7, 11) is 0. The molecule has 0 fully saturated rings. The number of benzene rings is 1. The molecule has 15 heavy (non-hydrogen) atoms. The summed E-state index contributed by atoms with van der Waals surface area (Å²) in [6.07, 6.45) is 0.587. The number of rotatable bonds is 4. The molecule has 2 nitrogen and oxygen atoms in total. The van der Waals surface area contributed by atoms with E-state index < -0.39 is 0 Å². The fourth-order valence-corrected chi connectivity index (χ4v) is 2.41. The number of fused-ring (bicyclic) bond motifs is 1. The van der Waals surface area contributed by atoms with Gasteiger partial charge in [0.1, 0.15) is 5.78 Å². The highest BCUT2D eigenvalue weighted by Crippen LogP contribution is 2.29. The van der Waals surface area contributed by atoms with Gasteiger partial charge >= 0.3 is 0 Å². The number of Topliss-reactive ketones (excluding diaryl/α,β-unsaturated/α-hetero) is 1. The summed E-state index contributed by atoms with van der Waals surface area (Å²) in [5.41, 5.74) is 1.14. The third-order valence-electron chi connectivity index (χ3n) is 2.27. The molecule has 0 unspecified atom stereocenters. The topological polar surface area (TPSA) is 29.1 Å². The Morgan fingerprint density at radius 3 is 3.00 bits per heavy atom. The minimum absolute atomic E-state index is 0.224. The van der Waals surface area contributed by atoms with Crippen molar-refractivity contribution in [3.05, 3.63) is 29.6 Å². The molecule has 0 aliphatic rings. The lowest BCUT2D eigenvalue weighted by Gasteiger charge is -2.02. The summed E-state index contributed by atoms with van der Waals surface area (Å²) in [5, 5.41) is 6.63. The third kappa shape index (κ3) is 2.36. The molecule has 1 heterocycles. The van der Waals surface area contributed by atoms with Crippen LogP contribution in [0.1, 0.15) is 13.3 Å². The van der Waals surface area contributed by atoms with Gasteiger partial charge in [-0.2, -0.15) is 0 Å². The highest BCUT2D eigenvalue weighted by Gasteiger charge is 2.02. The summed E-state index contributed by atoms with van der Waals surface area (Å²) in [5.74, 6) is 0.224. The van der Waals surface area contributed by atoms with Gasteiger partial charge in [0.05, 0.1) is 5.69 Å². The van der Waals surface area contributed by atoms with Crippen LogP contribution in [0.4, 0.5) is 5.69 Å². The molecule has 0 radical (unpaired) electrons. The molecule has 3 heteroatoms. The molecular formula is C12H13NOS. The summed E-state index contributed by atoms with van der Waals surface area (Å²) in [6, 6.07) is 8.28. The third-order valence-corrected chi connectivity index (χ3v) is 3.24. The Balaban J connectivity index is 2.11. The summed E-state index contributed by atoms with van der Waals surface area (Å²) in [6.45, 7) is 2.34. The molecule has 0 spiro atoms. The molecule has 0 saturated carbocycles. The molecule has 0 atom stereocenters. The van der Waals surface area contributed by atoms with Crippen LogP contribution in [0, 0.1) is 0 Å². The lowest BCUT2D eigenvalue weighted by Crippen LogP contribution is -2.05. The van der Waals surface area contributed by atoms with E-state index in [0.29, 0.717) is 6.42 Å². The standard InChI is InChI=1S/C12H13NOS/c1-9(14)6-7-13-11-8-15-12-5-3-2-4-10(11)12/h2-5,8,13H,6-7H2,1H3. The molecule has 0 saturated heterocycles. The zero-order chi connectivity index (χ0) is 10.7. The van der Waals surface area contributed by atoms with Gasteiger partial charge < -0.3 is 5.32 Å². The first-order chi connectivity index (χ1) is 7.27. The van der Waals surface area contributed by atoms with E-state index in [1.165, 1.54) is 10.1 Å². The average Bonchev–Trinajstić information content (AvgIpc) is 2.62. The predicted molar refractivity (Wildman–Crippen MR) is 65.6 cm³/mol. The maximum atomic E-state index is 10.8. The van der Waals surface area contributed by atoms with Crippen molar-refractivity contribution in [3.8, 4) is 0 Å². The van der Waals surface area contributed by atoms with Crippen LogP contribution in [-0.4, -0.2) is 12.3 Å². The van der Waals surface area contributed by atoms with Crippen molar-refractivity contribution in [3.63, 3.8) is 0 Å². The lowest BCUT2D eigenvalue weighted by atomic mass is 10.2. The predicted octanol–water partition coefficient (Wildman–Crippen LogP) is 3.29. The molecule has 78 valence electrons. The number of hydrogen-bond donors (Lipinski definition) is 1. The van der Waals surface area contributed by atoms with Crippen molar-refractivity contribution >= 4 is 32.9 Å². The second kappa shape index (κ2) is 4.45. The smallest absolute Gasteiger partial charge is 0.131 e. The van der Waals surface area contributed by atoms with Crippen LogP contribution in [0.2, 0.25) is 0 Å². The largest absolute Gasteiger partial charge is 0.383 e. The van der Waals surface area contributed by atoms with Crippen LogP contribution in [0.15, 0.2) is 29.6 Å². The minimum atomic E-state index is 0.224. The van der Waals surface area contributed by atoms with Crippen LogP contribution in [0.25, 0.3) is 10.1 Å². The fourth-order valence-electron chi connectivity index (χ4n) is 1.49. The number of carbonyl (C=O) groups excluding carboxylic acids is 1. The van der Waals surface area contributed by atoms with Crippen molar-refractivity contribution in [1.29, 1.82) is 0 Å². The van der Waals surface area contributed by atoms with Gasteiger partial charge in [-0.3, -0.25) is 4.79 Å². The summed E-state index contributed by atoms with van der Waals surface area (Å²) >= 11 is 1.73. The molecular weight excluding hydrogens is 206 g/mol. The van der Waals surface area contributed by atoms with E-state index in [-0.39, 0.29) is 5.78 Å². The molecule has 0 aliphatic heterocycles. The number of ketones is 1. The monoisotopic (exact) mass is 219 g/mol. The Hall–Kier alpha value is -1.35. The van der Waals surface area contributed by atoms with Crippen LogP contribution >= 0.6 is 11.3 Å². The van der Waals surface area contributed by atoms with E-state index >= 15 is 0 Å². The van der Waals surface area contributed by atoms with Crippen molar-refractivity contribution < 1.29 is 4.79 Å². The van der Waals surface area contributed by atoms with Gasteiger partial charge in [0.25, 0.3) is 0 Å². The van der Waals surface area contributed by atoms with Gasteiger partial charge in [-0.25, -0.2) is 0 Å². The number of hydrogen-bond acceptors (Lipinski definition) is 3. The number of thiophene rings is 1. The van der Waals surface area contributed by atoms with Gasteiger partial charge in [-0.15, -0.1) is 11.3 Å². The zero-order valence-electron chi connectivity index (χ0n) is 8.62. The van der Waals surface area contributed by atoms with Crippen molar-refractivity contribution in [2.75, 3.05) is 11.9 Å². The minimum Gasteiger partial charge on any atom is -0.383 e. The van der Waals surface area contributed by atoms with Crippen LogP contribution < -0.4 is 5.32 Å². The first-order valence-electron chi connectivity index (χ1n) is 4.97. The molecule has 1 N–H and O–H groups in total. The van der Waals surface area contributed by atoms with Gasteiger partial charge in [0.2, 0.25) is 0 Å². The number of carbonyl (C=O) groups is 1. The molecule has 0 bridgehead atoms. The Morgan fingerprint density at radius 2 is 2.20 bits per heavy atom. The van der Waals surface area contributed by atoms with E-state index in [9.17, 15) is 4.79 Å². The maximum absolute atomic E-state index is 10.8. The van der Waals surface area contributed by atoms with Crippen LogP contribution in [0.5, 0.6) is 0 Å². The first-order valence-corrected chi connectivity index (χ1v) is 5.85. The van der Waals surface area contributed by atoms with E-state index in [4.69, 9.17) is 0 Å². The fraction of sp³-hybridized carbons (Fsp3) is 0.250. The lowest BCUT2D eigenvalue weighted by molar-refractivity contribution is -0.116. The van der Waals surface area contributed by atoms with E-state index in [2.05, 4.69) is 22.8 Å². The molecule has 0 amide bonds. The normalized spacial score (nSPS) is 10.5. The highest BCUT2D eigenvalue weighted by atomic mass is 32.1. The average molecular weight is 219 g/mol. The Morgan fingerprint density at radius 1 is 1.40 bits per heavy atom. The molecule has 2 rings (SSSR count). The van der Waals surface area contributed by atoms with Crippen molar-refractivity contribution in [1.82, 2.24) is 0 Å².